The van der Waals surface area contributed by atoms with Gasteiger partial charge in [0, 0.05) is 17.8 Å². The molecule has 0 bridgehead atoms. The summed E-state index contributed by atoms with van der Waals surface area (Å²) in [5.41, 5.74) is 2.60. The minimum atomic E-state index is -0.122. The van der Waals surface area contributed by atoms with Crippen LogP contribution in [0.3, 0.4) is 0 Å². The van der Waals surface area contributed by atoms with Gasteiger partial charge in [-0.3, -0.25) is 4.79 Å². The molecule has 0 saturated carbocycles. The Balaban J connectivity index is 2.33. The molecule has 1 amide bonds. The lowest BCUT2D eigenvalue weighted by molar-refractivity contribution is 0.0951. The Morgan fingerprint density at radius 3 is 3.06 bits per heavy atom. The van der Waals surface area contributed by atoms with Crippen molar-refractivity contribution in [3.8, 4) is 0 Å². The van der Waals surface area contributed by atoms with E-state index in [1.165, 1.54) is 0 Å². The monoisotopic (exact) mass is 217 g/mol. The zero-order chi connectivity index (χ0) is 11.5. The molecule has 0 spiro atoms. The van der Waals surface area contributed by atoms with Crippen molar-refractivity contribution in [2.45, 2.75) is 26.2 Å². The summed E-state index contributed by atoms with van der Waals surface area (Å²) in [5.74, 6) is 0.549. The second-order valence-electron chi connectivity index (χ2n) is 3.90. The highest BCUT2D eigenvalue weighted by Crippen LogP contribution is 2.22. The van der Waals surface area contributed by atoms with Crippen molar-refractivity contribution < 1.29 is 4.79 Å². The molecule has 0 aromatic carbocycles. The number of aromatic nitrogens is 2. The van der Waals surface area contributed by atoms with Crippen LogP contribution >= 0.6 is 0 Å². The second-order valence-corrected chi connectivity index (χ2v) is 3.90. The van der Waals surface area contributed by atoms with Crippen LogP contribution in [0.25, 0.3) is 0 Å². The maximum absolute atomic E-state index is 11.9. The number of carbonyl (C=O) groups excluding carboxylic acids is 1. The normalized spacial score (nSPS) is 13.3. The first kappa shape index (κ1) is 10.8. The first-order valence-electron chi connectivity index (χ1n) is 5.48. The fourth-order valence-electron chi connectivity index (χ4n) is 1.99. The summed E-state index contributed by atoms with van der Waals surface area (Å²) in [6.45, 7) is 5.86. The van der Waals surface area contributed by atoms with Gasteiger partial charge in [-0.05, 0) is 26.2 Å². The van der Waals surface area contributed by atoms with E-state index in [1.807, 2.05) is 6.92 Å². The summed E-state index contributed by atoms with van der Waals surface area (Å²) < 4.78 is 0. The Morgan fingerprint density at radius 2 is 2.31 bits per heavy atom. The highest BCUT2D eigenvalue weighted by atomic mass is 16.1. The van der Waals surface area contributed by atoms with Crippen LogP contribution in [0.1, 0.15) is 34.0 Å². The summed E-state index contributed by atoms with van der Waals surface area (Å²) in [5, 5.41) is 2.76. The van der Waals surface area contributed by atoms with Crippen LogP contribution in [-0.4, -0.2) is 22.4 Å². The first-order chi connectivity index (χ1) is 7.72. The molecule has 2 rings (SSSR count). The number of rotatable bonds is 3. The molecule has 0 atom stereocenters. The van der Waals surface area contributed by atoms with Crippen LogP contribution in [0, 0.1) is 6.92 Å². The van der Waals surface area contributed by atoms with Crippen molar-refractivity contribution in [1.29, 1.82) is 0 Å². The topological polar surface area (TPSA) is 54.9 Å². The van der Waals surface area contributed by atoms with E-state index in [2.05, 4.69) is 21.9 Å². The fourth-order valence-corrected chi connectivity index (χ4v) is 1.99. The zero-order valence-electron chi connectivity index (χ0n) is 9.42. The van der Waals surface area contributed by atoms with E-state index in [1.54, 1.807) is 6.08 Å². The summed E-state index contributed by atoms with van der Waals surface area (Å²) in [6.07, 6.45) is 4.59. The molecule has 1 aliphatic carbocycles. The number of amides is 1. The Kier molecular flexibility index (Phi) is 2.99. The molecule has 0 radical (unpaired) electrons. The number of fused-ring (bicyclic) bond motifs is 1. The minimum Gasteiger partial charge on any atom is -0.347 e. The van der Waals surface area contributed by atoms with Crippen molar-refractivity contribution in [2.24, 2.45) is 0 Å². The van der Waals surface area contributed by atoms with Crippen molar-refractivity contribution in [3.05, 3.63) is 35.4 Å². The average molecular weight is 217 g/mol. The van der Waals surface area contributed by atoms with Crippen LogP contribution in [-0.2, 0) is 12.8 Å². The quantitative estimate of drug-likeness (QED) is 0.774. The second kappa shape index (κ2) is 4.43. The van der Waals surface area contributed by atoms with E-state index in [-0.39, 0.29) is 5.91 Å². The molecule has 1 heterocycles. The molecule has 16 heavy (non-hydrogen) atoms. The molecule has 1 aromatic rings. The number of aryl methyl sites for hydroxylation is 2. The highest BCUT2D eigenvalue weighted by Gasteiger charge is 2.22. The van der Waals surface area contributed by atoms with Crippen LogP contribution in [0.4, 0.5) is 0 Å². The van der Waals surface area contributed by atoms with Gasteiger partial charge in [0.2, 0.25) is 0 Å². The van der Waals surface area contributed by atoms with Gasteiger partial charge in [-0.2, -0.15) is 0 Å². The van der Waals surface area contributed by atoms with Crippen LogP contribution in [0.15, 0.2) is 12.7 Å². The maximum atomic E-state index is 11.9. The van der Waals surface area contributed by atoms with E-state index in [0.717, 1.165) is 30.5 Å². The van der Waals surface area contributed by atoms with Gasteiger partial charge < -0.3 is 5.32 Å². The van der Waals surface area contributed by atoms with Gasteiger partial charge in [0.25, 0.3) is 5.91 Å². The van der Waals surface area contributed by atoms with Gasteiger partial charge in [-0.25, -0.2) is 9.97 Å². The molecule has 1 N–H and O–H groups in total. The summed E-state index contributed by atoms with van der Waals surface area (Å²) in [4.78, 5) is 20.5. The lowest BCUT2D eigenvalue weighted by Gasteiger charge is -2.07. The molecular formula is C12H15N3O. The van der Waals surface area contributed by atoms with Gasteiger partial charge >= 0.3 is 0 Å². The lowest BCUT2D eigenvalue weighted by atomic mass is 10.1. The third-order valence-corrected chi connectivity index (χ3v) is 2.67. The van der Waals surface area contributed by atoms with Gasteiger partial charge in [-0.1, -0.05) is 6.08 Å². The van der Waals surface area contributed by atoms with Gasteiger partial charge in [0.05, 0.1) is 0 Å². The van der Waals surface area contributed by atoms with Crippen molar-refractivity contribution in [1.82, 2.24) is 15.3 Å². The van der Waals surface area contributed by atoms with E-state index in [0.29, 0.717) is 18.1 Å². The summed E-state index contributed by atoms with van der Waals surface area (Å²) in [7, 11) is 0. The van der Waals surface area contributed by atoms with Crippen LogP contribution < -0.4 is 5.32 Å². The Morgan fingerprint density at radius 1 is 1.50 bits per heavy atom. The van der Waals surface area contributed by atoms with Crippen molar-refractivity contribution in [3.63, 3.8) is 0 Å². The number of hydrogen-bond donors (Lipinski definition) is 1. The molecule has 0 unspecified atom stereocenters. The largest absolute Gasteiger partial charge is 0.347 e. The predicted octanol–water partition coefficient (Wildman–Crippen LogP) is 1.19. The van der Waals surface area contributed by atoms with Gasteiger partial charge in [-0.15, -0.1) is 6.58 Å². The number of hydrogen-bond acceptors (Lipinski definition) is 3. The fraction of sp³-hybridized carbons (Fsp3) is 0.417. The molecule has 1 aromatic heterocycles. The molecule has 0 fully saturated rings. The van der Waals surface area contributed by atoms with E-state index < -0.39 is 0 Å². The maximum Gasteiger partial charge on any atom is 0.270 e. The average Bonchev–Trinajstić information content (AvgIpc) is 2.72. The number of carbonyl (C=O) groups is 1. The van der Waals surface area contributed by atoms with E-state index in [9.17, 15) is 4.79 Å². The molecule has 1 aliphatic rings. The van der Waals surface area contributed by atoms with Gasteiger partial charge in [0.1, 0.15) is 11.5 Å². The third-order valence-electron chi connectivity index (χ3n) is 2.67. The Labute approximate surface area is 94.8 Å². The first-order valence-corrected chi connectivity index (χ1v) is 5.48. The SMILES string of the molecule is C=CCNC(=O)c1nc(C)nc2c1CCC2. The molecule has 0 saturated heterocycles. The Hall–Kier alpha value is -1.71. The standard InChI is InChI=1S/C12H15N3O/c1-3-7-13-12(16)11-9-5-4-6-10(9)14-8(2)15-11/h3H,1,4-7H2,2H3,(H,13,16). The smallest absolute Gasteiger partial charge is 0.270 e. The highest BCUT2D eigenvalue weighted by molar-refractivity contribution is 5.94. The zero-order valence-corrected chi connectivity index (χ0v) is 9.42. The number of nitrogens with zero attached hydrogens (tertiary/aromatic N) is 2. The molecular weight excluding hydrogens is 202 g/mol. The Bertz CT molecular complexity index is 440. The van der Waals surface area contributed by atoms with Crippen molar-refractivity contribution in [2.75, 3.05) is 6.54 Å². The van der Waals surface area contributed by atoms with Crippen LogP contribution in [0.2, 0.25) is 0 Å². The molecule has 0 aliphatic heterocycles. The predicted molar refractivity (Wildman–Crippen MR) is 61.3 cm³/mol. The molecule has 4 heteroatoms. The lowest BCUT2D eigenvalue weighted by Crippen LogP contribution is -2.26. The van der Waals surface area contributed by atoms with Crippen LogP contribution in [0.5, 0.6) is 0 Å². The summed E-state index contributed by atoms with van der Waals surface area (Å²) >= 11 is 0. The van der Waals surface area contributed by atoms with E-state index in [4.69, 9.17) is 0 Å². The van der Waals surface area contributed by atoms with Gasteiger partial charge in [0.15, 0.2) is 0 Å². The molecule has 84 valence electrons. The summed E-state index contributed by atoms with van der Waals surface area (Å²) in [6, 6.07) is 0. The third kappa shape index (κ3) is 1.96. The van der Waals surface area contributed by atoms with E-state index >= 15 is 0 Å². The minimum absolute atomic E-state index is 0.122. The van der Waals surface area contributed by atoms with Crippen molar-refractivity contribution >= 4 is 5.91 Å². The number of nitrogens with one attached hydrogen (secondary N) is 1. The molecule has 4 nitrogen and oxygen atoms in total.